The molecule has 0 radical (unpaired) electrons. The monoisotopic (exact) mass is 191 g/mol. The molecule has 0 saturated heterocycles. The first-order chi connectivity index (χ1) is 6.47. The lowest BCUT2D eigenvalue weighted by molar-refractivity contribution is 0.388. The van der Waals surface area contributed by atoms with Crippen LogP contribution in [0.5, 0.6) is 0 Å². The minimum Gasteiger partial charge on any atom is -0.325 e. The van der Waals surface area contributed by atoms with Crippen molar-refractivity contribution in [3.63, 3.8) is 0 Å². The van der Waals surface area contributed by atoms with E-state index >= 15 is 0 Å². The number of nitrogens with zero attached hydrogens (tertiary/aromatic N) is 2. The molecule has 1 aromatic rings. The maximum Gasteiger partial charge on any atom is 0.115 e. The summed E-state index contributed by atoms with van der Waals surface area (Å²) in [5, 5.41) is 0. The molecule has 76 valence electrons. The Morgan fingerprint density at radius 1 is 1.43 bits per heavy atom. The molecule has 14 heavy (non-hydrogen) atoms. The van der Waals surface area contributed by atoms with Crippen molar-refractivity contribution in [2.45, 2.75) is 44.6 Å². The third-order valence-corrected chi connectivity index (χ3v) is 3.41. The molecule has 2 rings (SSSR count). The van der Waals surface area contributed by atoms with Crippen molar-refractivity contribution >= 4 is 0 Å². The fraction of sp³-hybridized carbons (Fsp3) is 0.636. The summed E-state index contributed by atoms with van der Waals surface area (Å²) in [6, 6.07) is 0. The molecule has 3 nitrogen and oxygen atoms in total. The van der Waals surface area contributed by atoms with Crippen molar-refractivity contribution in [1.82, 2.24) is 9.97 Å². The summed E-state index contributed by atoms with van der Waals surface area (Å²) in [6.45, 7) is 6.21. The van der Waals surface area contributed by atoms with Gasteiger partial charge in [0, 0.05) is 22.8 Å². The van der Waals surface area contributed by atoms with Gasteiger partial charge in [-0.1, -0.05) is 0 Å². The Morgan fingerprint density at radius 2 is 2.07 bits per heavy atom. The summed E-state index contributed by atoms with van der Waals surface area (Å²) in [4.78, 5) is 8.33. The highest BCUT2D eigenvalue weighted by Crippen LogP contribution is 2.55. The molecule has 1 fully saturated rings. The second-order valence-corrected chi connectivity index (χ2v) is 4.83. The van der Waals surface area contributed by atoms with Crippen molar-refractivity contribution < 1.29 is 0 Å². The van der Waals surface area contributed by atoms with Crippen LogP contribution < -0.4 is 5.73 Å². The van der Waals surface area contributed by atoms with E-state index in [1.165, 1.54) is 5.56 Å². The largest absolute Gasteiger partial charge is 0.325 e. The van der Waals surface area contributed by atoms with Gasteiger partial charge in [-0.3, -0.25) is 0 Å². The molecule has 0 aliphatic heterocycles. The van der Waals surface area contributed by atoms with Crippen molar-refractivity contribution in [3.8, 4) is 0 Å². The quantitative estimate of drug-likeness (QED) is 0.771. The third kappa shape index (κ3) is 1.23. The van der Waals surface area contributed by atoms with Crippen LogP contribution in [0, 0.1) is 6.92 Å². The molecular formula is C11H17N3. The first-order valence-electron chi connectivity index (χ1n) is 5.03. The first kappa shape index (κ1) is 9.59. The summed E-state index contributed by atoms with van der Waals surface area (Å²) in [5.74, 6) is 0. The summed E-state index contributed by atoms with van der Waals surface area (Å²) >= 11 is 0. The van der Waals surface area contributed by atoms with Crippen LogP contribution in [0.2, 0.25) is 0 Å². The maximum atomic E-state index is 6.22. The fourth-order valence-electron chi connectivity index (χ4n) is 2.25. The van der Waals surface area contributed by atoms with E-state index in [1.807, 2.05) is 13.1 Å². The van der Waals surface area contributed by atoms with E-state index in [0.29, 0.717) is 0 Å². The van der Waals surface area contributed by atoms with Gasteiger partial charge < -0.3 is 5.73 Å². The Morgan fingerprint density at radius 3 is 2.50 bits per heavy atom. The topological polar surface area (TPSA) is 51.8 Å². The van der Waals surface area contributed by atoms with Gasteiger partial charge in [-0.05, 0) is 39.2 Å². The molecule has 0 atom stereocenters. The van der Waals surface area contributed by atoms with Crippen LogP contribution in [-0.2, 0) is 5.41 Å². The van der Waals surface area contributed by atoms with Crippen molar-refractivity contribution in [2.24, 2.45) is 5.73 Å². The van der Waals surface area contributed by atoms with Crippen LogP contribution in [0.1, 0.15) is 37.9 Å². The van der Waals surface area contributed by atoms with E-state index in [4.69, 9.17) is 5.73 Å². The predicted octanol–water partition coefficient (Wildman–Crippen LogP) is 1.55. The Balaban J connectivity index is 2.46. The van der Waals surface area contributed by atoms with Gasteiger partial charge in [0.2, 0.25) is 0 Å². The highest BCUT2D eigenvalue weighted by molar-refractivity contribution is 5.36. The van der Waals surface area contributed by atoms with E-state index in [2.05, 4.69) is 23.8 Å². The molecule has 3 heteroatoms. The Labute approximate surface area is 84.8 Å². The molecule has 1 saturated carbocycles. The van der Waals surface area contributed by atoms with Gasteiger partial charge in [-0.15, -0.1) is 0 Å². The number of nitrogens with two attached hydrogens (primary N) is 1. The average molecular weight is 191 g/mol. The summed E-state index contributed by atoms with van der Waals surface area (Å²) in [7, 11) is 0. The fourth-order valence-corrected chi connectivity index (χ4v) is 2.25. The molecule has 1 aliphatic carbocycles. The summed E-state index contributed by atoms with van der Waals surface area (Å²) in [6.07, 6.45) is 5.83. The first-order valence-corrected chi connectivity index (χ1v) is 5.03. The number of hydrogen-bond donors (Lipinski definition) is 1. The molecular weight excluding hydrogens is 174 g/mol. The van der Waals surface area contributed by atoms with Crippen molar-refractivity contribution in [2.75, 3.05) is 0 Å². The minimum atomic E-state index is -0.178. The second kappa shape index (κ2) is 2.76. The number of rotatable bonds is 2. The van der Waals surface area contributed by atoms with Gasteiger partial charge in [-0.2, -0.15) is 0 Å². The molecule has 1 aliphatic rings. The Hall–Kier alpha value is -0.960. The van der Waals surface area contributed by atoms with E-state index < -0.39 is 0 Å². The molecule has 0 bridgehead atoms. The van der Waals surface area contributed by atoms with E-state index in [-0.39, 0.29) is 11.0 Å². The number of hydrogen-bond acceptors (Lipinski definition) is 3. The van der Waals surface area contributed by atoms with Crippen LogP contribution in [0.4, 0.5) is 0 Å². The highest BCUT2D eigenvalue weighted by atomic mass is 14.9. The van der Waals surface area contributed by atoms with Crippen molar-refractivity contribution in [1.29, 1.82) is 0 Å². The molecule has 0 aromatic carbocycles. The smallest absolute Gasteiger partial charge is 0.115 e. The van der Waals surface area contributed by atoms with Gasteiger partial charge >= 0.3 is 0 Å². The summed E-state index contributed by atoms with van der Waals surface area (Å²) < 4.78 is 0. The van der Waals surface area contributed by atoms with E-state index in [0.717, 1.165) is 18.5 Å². The minimum absolute atomic E-state index is 0.123. The lowest BCUT2D eigenvalue weighted by Gasteiger charge is -2.31. The Kier molecular flexibility index (Phi) is 1.89. The lowest BCUT2D eigenvalue weighted by atomic mass is 9.79. The van der Waals surface area contributed by atoms with Crippen LogP contribution >= 0.6 is 0 Å². The number of aryl methyl sites for hydroxylation is 1. The van der Waals surface area contributed by atoms with Gasteiger partial charge in [0.05, 0.1) is 0 Å². The van der Waals surface area contributed by atoms with Crippen LogP contribution in [0.25, 0.3) is 0 Å². The van der Waals surface area contributed by atoms with Crippen LogP contribution in [0.3, 0.4) is 0 Å². The van der Waals surface area contributed by atoms with Gasteiger partial charge in [0.1, 0.15) is 6.33 Å². The van der Waals surface area contributed by atoms with Crippen LogP contribution in [0.15, 0.2) is 12.5 Å². The summed E-state index contributed by atoms with van der Waals surface area (Å²) in [5.41, 5.74) is 8.46. The lowest BCUT2D eigenvalue weighted by Crippen LogP contribution is -2.45. The van der Waals surface area contributed by atoms with Crippen LogP contribution in [-0.4, -0.2) is 15.5 Å². The zero-order valence-corrected chi connectivity index (χ0v) is 9.04. The molecule has 0 unspecified atom stereocenters. The molecule has 1 aromatic heterocycles. The van der Waals surface area contributed by atoms with E-state index in [9.17, 15) is 0 Å². The zero-order valence-electron chi connectivity index (χ0n) is 9.04. The highest BCUT2D eigenvalue weighted by Gasteiger charge is 2.54. The molecule has 0 amide bonds. The number of aromatic nitrogens is 2. The SMILES string of the molecule is Cc1ncncc1C1(C(C)(C)N)CC1. The van der Waals surface area contributed by atoms with E-state index in [1.54, 1.807) is 6.33 Å². The molecule has 1 heterocycles. The van der Waals surface area contributed by atoms with Gasteiger partial charge in [-0.25, -0.2) is 9.97 Å². The maximum absolute atomic E-state index is 6.22. The second-order valence-electron chi connectivity index (χ2n) is 4.83. The predicted molar refractivity (Wildman–Crippen MR) is 55.9 cm³/mol. The normalized spacial score (nSPS) is 19.4. The van der Waals surface area contributed by atoms with Gasteiger partial charge in [0.15, 0.2) is 0 Å². The average Bonchev–Trinajstić information content (AvgIpc) is 2.84. The Bertz CT molecular complexity index is 348. The molecule has 0 spiro atoms. The third-order valence-electron chi connectivity index (χ3n) is 3.41. The zero-order chi connectivity index (χ0) is 10.4. The molecule has 2 N–H and O–H groups in total. The standard InChI is InChI=1S/C11H17N3/c1-8-9(6-13-7-14-8)11(4-5-11)10(2,3)12/h6-7H,4-5,12H2,1-3H3. The van der Waals surface area contributed by atoms with Gasteiger partial charge in [0.25, 0.3) is 0 Å². The van der Waals surface area contributed by atoms with Crippen molar-refractivity contribution in [3.05, 3.63) is 23.8 Å².